The maximum absolute atomic E-state index is 13.0. The van der Waals surface area contributed by atoms with Crippen molar-refractivity contribution in [2.75, 3.05) is 32.8 Å². The van der Waals surface area contributed by atoms with Gasteiger partial charge >= 0.3 is 0 Å². The summed E-state index contributed by atoms with van der Waals surface area (Å²) in [7, 11) is 0. The summed E-state index contributed by atoms with van der Waals surface area (Å²) in [4.78, 5) is 5.09. The molecule has 2 saturated heterocycles. The first kappa shape index (κ1) is 14.6. The van der Waals surface area contributed by atoms with Crippen LogP contribution in [0.3, 0.4) is 0 Å². The topological polar surface area (TPSA) is 15.7 Å². The van der Waals surface area contributed by atoms with E-state index in [1.807, 2.05) is 12.1 Å². The molecule has 0 bridgehead atoms. The van der Waals surface area contributed by atoms with Crippen LogP contribution in [0, 0.1) is 11.7 Å². The molecule has 4 heteroatoms. The number of fused-ring (bicyclic) bond motifs is 1. The Morgan fingerprint density at radius 1 is 1.09 bits per heavy atom. The lowest BCUT2D eigenvalue weighted by molar-refractivity contribution is 0.0508. The molecular formula is C18H25FN2O. The third-order valence-corrected chi connectivity index (χ3v) is 5.25. The molecule has 0 aromatic heterocycles. The molecule has 120 valence electrons. The number of benzene rings is 1. The minimum absolute atomic E-state index is 0.153. The van der Waals surface area contributed by atoms with Gasteiger partial charge in [0.05, 0.1) is 6.10 Å². The van der Waals surface area contributed by atoms with Crippen LogP contribution in [0.15, 0.2) is 24.3 Å². The van der Waals surface area contributed by atoms with Gasteiger partial charge in [0.2, 0.25) is 0 Å². The molecule has 0 N–H and O–H groups in total. The molecule has 0 amide bonds. The predicted molar refractivity (Wildman–Crippen MR) is 84.1 cm³/mol. The fraction of sp³-hybridized carbons (Fsp3) is 0.667. The Morgan fingerprint density at radius 3 is 2.68 bits per heavy atom. The highest BCUT2D eigenvalue weighted by Gasteiger charge is 2.37. The fourth-order valence-electron chi connectivity index (χ4n) is 3.73. The number of halogens is 1. The van der Waals surface area contributed by atoms with Crippen LogP contribution in [0.4, 0.5) is 4.39 Å². The molecule has 2 atom stereocenters. The molecule has 2 heterocycles. The van der Waals surface area contributed by atoms with Crippen molar-refractivity contribution in [1.82, 2.24) is 9.80 Å². The minimum atomic E-state index is -0.153. The highest BCUT2D eigenvalue weighted by molar-refractivity contribution is 5.16. The molecule has 0 radical (unpaired) electrons. The summed E-state index contributed by atoms with van der Waals surface area (Å²) in [6.45, 7) is 6.36. The minimum Gasteiger partial charge on any atom is -0.377 e. The van der Waals surface area contributed by atoms with Crippen LogP contribution in [0.25, 0.3) is 0 Å². The molecule has 1 aromatic rings. The Balaban J connectivity index is 1.28. The normalized spacial score (nSPS) is 29.7. The van der Waals surface area contributed by atoms with E-state index in [1.54, 1.807) is 12.1 Å². The van der Waals surface area contributed by atoms with E-state index in [1.165, 1.54) is 24.8 Å². The summed E-state index contributed by atoms with van der Waals surface area (Å²) < 4.78 is 19.1. The van der Waals surface area contributed by atoms with Crippen molar-refractivity contribution in [3.8, 4) is 0 Å². The second kappa shape index (κ2) is 6.26. The van der Waals surface area contributed by atoms with Gasteiger partial charge in [-0.25, -0.2) is 4.39 Å². The monoisotopic (exact) mass is 304 g/mol. The van der Waals surface area contributed by atoms with Gasteiger partial charge in [0.1, 0.15) is 5.82 Å². The number of ether oxygens (including phenoxy) is 1. The van der Waals surface area contributed by atoms with E-state index >= 15 is 0 Å². The van der Waals surface area contributed by atoms with Crippen LogP contribution in [-0.4, -0.2) is 54.7 Å². The van der Waals surface area contributed by atoms with Crippen molar-refractivity contribution >= 4 is 0 Å². The number of piperazine rings is 1. The van der Waals surface area contributed by atoms with Gasteiger partial charge in [-0.05, 0) is 42.9 Å². The lowest BCUT2D eigenvalue weighted by atomic mass is 10.1. The summed E-state index contributed by atoms with van der Waals surface area (Å²) in [5.74, 6) is 0.701. The van der Waals surface area contributed by atoms with Crippen LogP contribution in [0.5, 0.6) is 0 Å². The van der Waals surface area contributed by atoms with E-state index in [4.69, 9.17) is 4.74 Å². The summed E-state index contributed by atoms with van der Waals surface area (Å²) in [5.41, 5.74) is 1.20. The average molecular weight is 304 g/mol. The Hall–Kier alpha value is -0.970. The largest absolute Gasteiger partial charge is 0.377 e. The van der Waals surface area contributed by atoms with Crippen molar-refractivity contribution in [3.63, 3.8) is 0 Å². The van der Waals surface area contributed by atoms with E-state index in [2.05, 4.69) is 9.80 Å². The summed E-state index contributed by atoms with van der Waals surface area (Å²) in [5, 5.41) is 0. The van der Waals surface area contributed by atoms with Crippen molar-refractivity contribution in [2.45, 2.75) is 38.0 Å². The zero-order chi connectivity index (χ0) is 14.9. The Kier molecular flexibility index (Phi) is 4.16. The lowest BCUT2D eigenvalue weighted by Crippen LogP contribution is -2.49. The Morgan fingerprint density at radius 2 is 1.91 bits per heavy atom. The van der Waals surface area contributed by atoms with Gasteiger partial charge in [0.15, 0.2) is 0 Å². The van der Waals surface area contributed by atoms with Crippen LogP contribution in [0.2, 0.25) is 0 Å². The first-order chi connectivity index (χ1) is 10.8. The zero-order valence-corrected chi connectivity index (χ0v) is 13.1. The Bertz CT molecular complexity index is 502. The molecule has 2 aliphatic heterocycles. The van der Waals surface area contributed by atoms with Crippen molar-refractivity contribution in [3.05, 3.63) is 35.6 Å². The standard InChI is InChI=1S/C18H25FN2O/c19-16-5-3-14(4-6-16)10-20-7-8-21-12-18(9-17(21)11-20)22-13-15-1-2-15/h3-6,15,17-18H,1-2,7-13H2. The van der Waals surface area contributed by atoms with Gasteiger partial charge < -0.3 is 4.74 Å². The predicted octanol–water partition coefficient (Wildman–Crippen LogP) is 2.51. The highest BCUT2D eigenvalue weighted by atomic mass is 19.1. The van der Waals surface area contributed by atoms with Gasteiger partial charge in [-0.3, -0.25) is 9.80 Å². The zero-order valence-electron chi connectivity index (χ0n) is 13.1. The molecule has 4 rings (SSSR count). The van der Waals surface area contributed by atoms with Crippen molar-refractivity contribution in [1.29, 1.82) is 0 Å². The van der Waals surface area contributed by atoms with Gasteiger partial charge in [0.25, 0.3) is 0 Å². The van der Waals surface area contributed by atoms with E-state index in [-0.39, 0.29) is 5.82 Å². The smallest absolute Gasteiger partial charge is 0.123 e. The Labute approximate surface area is 132 Å². The van der Waals surface area contributed by atoms with Crippen LogP contribution in [-0.2, 0) is 11.3 Å². The first-order valence-corrected chi connectivity index (χ1v) is 8.59. The van der Waals surface area contributed by atoms with Gasteiger partial charge in [-0.1, -0.05) is 12.1 Å². The quantitative estimate of drug-likeness (QED) is 0.831. The number of rotatable bonds is 5. The van der Waals surface area contributed by atoms with Gasteiger partial charge in [0, 0.05) is 45.4 Å². The number of nitrogens with zero attached hydrogens (tertiary/aromatic N) is 2. The molecular weight excluding hydrogens is 279 g/mol. The number of hydrogen-bond donors (Lipinski definition) is 0. The molecule has 1 aromatic carbocycles. The van der Waals surface area contributed by atoms with Gasteiger partial charge in [-0.2, -0.15) is 0 Å². The third kappa shape index (κ3) is 3.50. The molecule has 2 unspecified atom stereocenters. The summed E-state index contributed by atoms with van der Waals surface area (Å²) >= 11 is 0. The molecule has 1 aliphatic carbocycles. The van der Waals surface area contributed by atoms with Crippen LogP contribution in [0.1, 0.15) is 24.8 Å². The molecule has 1 saturated carbocycles. The molecule has 3 nitrogen and oxygen atoms in total. The second-order valence-electron chi connectivity index (χ2n) is 7.14. The van der Waals surface area contributed by atoms with Crippen LogP contribution < -0.4 is 0 Å². The molecule has 3 aliphatic rings. The van der Waals surface area contributed by atoms with E-state index < -0.39 is 0 Å². The highest BCUT2D eigenvalue weighted by Crippen LogP contribution is 2.31. The van der Waals surface area contributed by atoms with Crippen LogP contribution >= 0.6 is 0 Å². The lowest BCUT2D eigenvalue weighted by Gasteiger charge is -2.37. The third-order valence-electron chi connectivity index (χ3n) is 5.25. The SMILES string of the molecule is Fc1ccc(CN2CCN3CC(OCC4CC4)CC3C2)cc1. The number of hydrogen-bond acceptors (Lipinski definition) is 3. The van der Waals surface area contributed by atoms with Crippen molar-refractivity contribution < 1.29 is 9.13 Å². The summed E-state index contributed by atoms with van der Waals surface area (Å²) in [6.07, 6.45) is 4.35. The van der Waals surface area contributed by atoms with E-state index in [0.29, 0.717) is 12.1 Å². The maximum Gasteiger partial charge on any atom is 0.123 e. The average Bonchev–Trinajstić information content (AvgIpc) is 3.26. The fourth-order valence-corrected chi connectivity index (χ4v) is 3.73. The van der Waals surface area contributed by atoms with Crippen molar-refractivity contribution in [2.24, 2.45) is 5.92 Å². The maximum atomic E-state index is 13.0. The molecule has 22 heavy (non-hydrogen) atoms. The summed E-state index contributed by atoms with van der Waals surface area (Å²) in [6, 6.07) is 7.56. The second-order valence-corrected chi connectivity index (χ2v) is 7.14. The molecule has 3 fully saturated rings. The molecule has 0 spiro atoms. The van der Waals surface area contributed by atoms with Gasteiger partial charge in [-0.15, -0.1) is 0 Å². The first-order valence-electron chi connectivity index (χ1n) is 8.59. The van der Waals surface area contributed by atoms with E-state index in [9.17, 15) is 4.39 Å². The van der Waals surface area contributed by atoms with E-state index in [0.717, 1.165) is 45.2 Å².